The first-order valence-corrected chi connectivity index (χ1v) is 6.36. The van der Waals surface area contributed by atoms with Crippen molar-refractivity contribution in [3.05, 3.63) is 16.0 Å². The van der Waals surface area contributed by atoms with Gasteiger partial charge in [0.05, 0.1) is 0 Å². The number of anilines is 1. The highest BCUT2D eigenvalue weighted by Crippen LogP contribution is 2.20. The highest BCUT2D eigenvalue weighted by Gasteiger charge is 2.20. The van der Waals surface area contributed by atoms with Gasteiger partial charge in [-0.1, -0.05) is 12.2 Å². The van der Waals surface area contributed by atoms with Crippen molar-refractivity contribution in [2.45, 2.75) is 6.92 Å². The number of hydrogen-bond acceptors (Lipinski definition) is 5. The zero-order chi connectivity index (χ0) is 13.3. The van der Waals surface area contributed by atoms with E-state index in [1.807, 2.05) is 14.0 Å². The van der Waals surface area contributed by atoms with Crippen LogP contribution in [0, 0.1) is 22.9 Å². The van der Waals surface area contributed by atoms with Gasteiger partial charge in [0.2, 0.25) is 0 Å². The van der Waals surface area contributed by atoms with E-state index in [1.54, 1.807) is 4.57 Å². The maximum absolute atomic E-state index is 9.29. The first-order valence-electron chi connectivity index (χ1n) is 5.96. The molecule has 2 rings (SSSR count). The molecule has 0 radical (unpaired) electrons. The van der Waals surface area contributed by atoms with Crippen molar-refractivity contribution >= 4 is 18.0 Å². The normalized spacial score (nSPS) is 16.7. The lowest BCUT2D eigenvalue weighted by atomic mass is 10.2. The summed E-state index contributed by atoms with van der Waals surface area (Å²) < 4.78 is 2.35. The molecule has 0 aliphatic carbocycles. The summed E-state index contributed by atoms with van der Waals surface area (Å²) in [6, 6.07) is 2.20. The monoisotopic (exact) mass is 263 g/mol. The summed E-state index contributed by atoms with van der Waals surface area (Å²) in [6.07, 6.45) is 0. The average Bonchev–Trinajstić information content (AvgIpc) is 2.37. The lowest BCUT2D eigenvalue weighted by Crippen LogP contribution is -2.45. The van der Waals surface area contributed by atoms with Gasteiger partial charge in [-0.15, -0.1) is 0 Å². The Morgan fingerprint density at radius 3 is 2.39 bits per heavy atom. The van der Waals surface area contributed by atoms with Crippen molar-refractivity contribution < 1.29 is 0 Å². The van der Waals surface area contributed by atoms with Crippen molar-refractivity contribution in [2.24, 2.45) is 7.05 Å². The third kappa shape index (κ3) is 2.24. The first kappa shape index (κ1) is 13.0. The first-order chi connectivity index (χ1) is 8.54. The number of rotatable bonds is 1. The summed E-state index contributed by atoms with van der Waals surface area (Å²) in [4.78, 5) is 8.96. The number of aryl methyl sites for hydroxylation is 1. The molecule has 0 N–H and O–H groups in total. The van der Waals surface area contributed by atoms with Crippen molar-refractivity contribution in [1.29, 1.82) is 5.26 Å². The molecular formula is C12H17N5S. The van der Waals surface area contributed by atoms with E-state index in [1.165, 1.54) is 0 Å². The summed E-state index contributed by atoms with van der Waals surface area (Å²) in [7, 11) is 3.95. The van der Waals surface area contributed by atoms with Crippen LogP contribution in [0.2, 0.25) is 0 Å². The molecule has 1 fully saturated rings. The lowest BCUT2D eigenvalue weighted by molar-refractivity contribution is 0.312. The predicted octanol–water partition coefficient (Wildman–Crippen LogP) is 1.08. The van der Waals surface area contributed by atoms with Crippen molar-refractivity contribution in [3.8, 4) is 6.07 Å². The van der Waals surface area contributed by atoms with Gasteiger partial charge in [0.25, 0.3) is 0 Å². The molecule has 0 amide bonds. The number of piperazine rings is 1. The second kappa shape index (κ2) is 5.04. The maximum Gasteiger partial charge on any atom is 0.151 e. The summed E-state index contributed by atoms with van der Waals surface area (Å²) >= 11 is 5.32. The van der Waals surface area contributed by atoms with Crippen LogP contribution in [-0.4, -0.2) is 47.7 Å². The molecule has 96 valence electrons. The van der Waals surface area contributed by atoms with Gasteiger partial charge in [0, 0.05) is 33.2 Å². The van der Waals surface area contributed by atoms with Crippen LogP contribution in [0.1, 0.15) is 11.4 Å². The van der Waals surface area contributed by atoms with Gasteiger partial charge in [-0.25, -0.2) is 4.98 Å². The Bertz CT molecular complexity index is 549. The molecule has 1 aromatic heterocycles. The minimum atomic E-state index is 0.516. The highest BCUT2D eigenvalue weighted by atomic mass is 32.1. The minimum absolute atomic E-state index is 0.516. The molecule has 18 heavy (non-hydrogen) atoms. The van der Waals surface area contributed by atoms with Crippen LogP contribution >= 0.6 is 12.2 Å². The molecule has 5 nitrogen and oxygen atoms in total. The van der Waals surface area contributed by atoms with E-state index >= 15 is 0 Å². The molecule has 2 heterocycles. The number of nitriles is 1. The number of aromatic nitrogens is 2. The van der Waals surface area contributed by atoms with Gasteiger partial charge >= 0.3 is 0 Å². The van der Waals surface area contributed by atoms with Gasteiger partial charge in [-0.3, -0.25) is 0 Å². The predicted molar refractivity (Wildman–Crippen MR) is 73.2 cm³/mol. The van der Waals surface area contributed by atoms with Crippen LogP contribution in [0.5, 0.6) is 0 Å². The molecule has 0 spiro atoms. The average molecular weight is 263 g/mol. The van der Waals surface area contributed by atoms with Crippen LogP contribution in [0.15, 0.2) is 0 Å². The van der Waals surface area contributed by atoms with E-state index < -0.39 is 0 Å². The molecule has 1 aliphatic rings. The molecule has 1 aliphatic heterocycles. The Balaban J connectivity index is 2.45. The second-order valence-corrected chi connectivity index (χ2v) is 5.01. The second-order valence-electron chi connectivity index (χ2n) is 4.62. The fourth-order valence-corrected chi connectivity index (χ4v) is 2.31. The largest absolute Gasteiger partial charge is 0.353 e. The zero-order valence-corrected chi connectivity index (χ0v) is 11.8. The molecule has 0 atom stereocenters. The Morgan fingerprint density at radius 1 is 1.22 bits per heavy atom. The van der Waals surface area contributed by atoms with Gasteiger partial charge in [0.1, 0.15) is 22.1 Å². The fourth-order valence-electron chi connectivity index (χ4n) is 2.04. The van der Waals surface area contributed by atoms with Crippen LogP contribution in [0.25, 0.3) is 0 Å². The topological polar surface area (TPSA) is 48.1 Å². The maximum atomic E-state index is 9.29. The van der Waals surface area contributed by atoms with Crippen molar-refractivity contribution in [1.82, 2.24) is 14.5 Å². The number of hydrogen-bond donors (Lipinski definition) is 0. The summed E-state index contributed by atoms with van der Waals surface area (Å²) in [5, 5.41) is 9.29. The zero-order valence-electron chi connectivity index (χ0n) is 11.0. The van der Waals surface area contributed by atoms with E-state index in [0.29, 0.717) is 10.2 Å². The summed E-state index contributed by atoms with van der Waals surface area (Å²) in [5.41, 5.74) is 0.516. The molecular weight excluding hydrogens is 246 g/mol. The van der Waals surface area contributed by atoms with E-state index in [4.69, 9.17) is 12.2 Å². The number of nitrogens with zero attached hydrogens (tertiary/aromatic N) is 5. The van der Waals surface area contributed by atoms with Gasteiger partial charge < -0.3 is 14.4 Å². The number of likely N-dealkylation sites (N-methyl/N-ethyl adjacent to an activating group) is 1. The van der Waals surface area contributed by atoms with Crippen LogP contribution in [0.4, 0.5) is 5.82 Å². The van der Waals surface area contributed by atoms with E-state index in [0.717, 1.165) is 37.8 Å². The van der Waals surface area contributed by atoms with Crippen molar-refractivity contribution in [2.75, 3.05) is 38.1 Å². The fraction of sp³-hybridized carbons (Fsp3) is 0.583. The SMILES string of the molecule is Cc1nc(N2CCN(C)CC2)c(C#N)c(=S)n1C. The highest BCUT2D eigenvalue weighted by molar-refractivity contribution is 7.71. The molecule has 0 bridgehead atoms. The van der Waals surface area contributed by atoms with Gasteiger partial charge in [-0.05, 0) is 14.0 Å². The van der Waals surface area contributed by atoms with E-state index in [9.17, 15) is 5.26 Å². The van der Waals surface area contributed by atoms with E-state index in [2.05, 4.69) is 27.9 Å². The summed E-state index contributed by atoms with van der Waals surface area (Å²) in [6.45, 7) is 5.66. The standard InChI is InChI=1S/C12H17N5S/c1-9-14-11(10(8-13)12(18)16(9)3)17-6-4-15(2)5-7-17/h4-7H2,1-3H3. The summed E-state index contributed by atoms with van der Waals surface area (Å²) in [5.74, 6) is 1.58. The lowest BCUT2D eigenvalue weighted by Gasteiger charge is -2.33. The van der Waals surface area contributed by atoms with Crippen LogP contribution < -0.4 is 4.90 Å². The third-order valence-electron chi connectivity index (χ3n) is 3.41. The van der Waals surface area contributed by atoms with Gasteiger partial charge in [-0.2, -0.15) is 5.26 Å². The molecule has 0 saturated carbocycles. The van der Waals surface area contributed by atoms with Crippen LogP contribution in [-0.2, 0) is 7.05 Å². The molecule has 6 heteroatoms. The Kier molecular flexibility index (Phi) is 3.64. The van der Waals surface area contributed by atoms with Crippen molar-refractivity contribution in [3.63, 3.8) is 0 Å². The Labute approximate surface area is 112 Å². The third-order valence-corrected chi connectivity index (χ3v) is 3.89. The quantitative estimate of drug-likeness (QED) is 0.710. The minimum Gasteiger partial charge on any atom is -0.353 e. The van der Waals surface area contributed by atoms with Crippen LogP contribution in [0.3, 0.4) is 0 Å². The molecule has 1 saturated heterocycles. The molecule has 0 aromatic carbocycles. The molecule has 1 aromatic rings. The Morgan fingerprint density at radius 2 is 1.83 bits per heavy atom. The smallest absolute Gasteiger partial charge is 0.151 e. The Hall–Kier alpha value is -1.45. The molecule has 0 unspecified atom stereocenters. The van der Waals surface area contributed by atoms with E-state index in [-0.39, 0.29) is 0 Å². The van der Waals surface area contributed by atoms with Gasteiger partial charge in [0.15, 0.2) is 5.82 Å².